The Morgan fingerprint density at radius 2 is 1.82 bits per heavy atom. The average Bonchev–Trinajstić information content (AvgIpc) is 3.03. The molecule has 4 aromatic rings. The van der Waals surface area contributed by atoms with Crippen LogP contribution in [-0.4, -0.2) is 32.5 Å². The number of rotatable bonds is 5. The number of carbonyl (C=O) groups is 1. The summed E-state index contributed by atoms with van der Waals surface area (Å²) in [5.74, 6) is 0.239. The van der Waals surface area contributed by atoms with Crippen molar-refractivity contribution in [2.45, 2.75) is 6.54 Å². The highest BCUT2D eigenvalue weighted by molar-refractivity contribution is 6.01. The van der Waals surface area contributed by atoms with Crippen molar-refractivity contribution >= 4 is 17.1 Å². The Labute approximate surface area is 159 Å². The Hall–Kier alpha value is -3.94. The van der Waals surface area contributed by atoms with E-state index in [0.717, 1.165) is 5.56 Å². The highest BCUT2D eigenvalue weighted by Crippen LogP contribution is 2.22. The lowest BCUT2D eigenvalue weighted by Crippen LogP contribution is -2.17. The van der Waals surface area contributed by atoms with Crippen molar-refractivity contribution in [3.63, 3.8) is 0 Å². The summed E-state index contributed by atoms with van der Waals surface area (Å²) in [6.07, 6.45) is 0. The number of fused-ring (bicyclic) bond motifs is 1. The fraction of sp³-hybridized carbons (Fsp3) is 0.100. The summed E-state index contributed by atoms with van der Waals surface area (Å²) in [4.78, 5) is 35.9. The van der Waals surface area contributed by atoms with E-state index < -0.39 is 5.91 Å². The van der Waals surface area contributed by atoms with Gasteiger partial charge in [-0.2, -0.15) is 0 Å². The predicted octanol–water partition coefficient (Wildman–Crippen LogP) is 1.94. The lowest BCUT2D eigenvalue weighted by molar-refractivity contribution is 0.0997. The van der Waals surface area contributed by atoms with Gasteiger partial charge in [-0.1, -0.05) is 30.3 Å². The summed E-state index contributed by atoms with van der Waals surface area (Å²) in [5.41, 5.74) is 7.24. The first-order chi connectivity index (χ1) is 13.6. The van der Waals surface area contributed by atoms with Gasteiger partial charge in [-0.05, 0) is 29.8 Å². The molecular formula is C20H17N5O3. The molecule has 0 spiro atoms. The van der Waals surface area contributed by atoms with Gasteiger partial charge in [0.1, 0.15) is 11.3 Å². The highest BCUT2D eigenvalue weighted by Gasteiger charge is 2.19. The van der Waals surface area contributed by atoms with Crippen molar-refractivity contribution in [3.05, 3.63) is 76.3 Å². The molecule has 0 bridgehead atoms. The molecule has 0 aliphatic rings. The van der Waals surface area contributed by atoms with Crippen molar-refractivity contribution in [1.82, 2.24) is 19.5 Å². The number of H-pyrrole nitrogens is 1. The van der Waals surface area contributed by atoms with Crippen molar-refractivity contribution < 1.29 is 9.53 Å². The fourth-order valence-electron chi connectivity index (χ4n) is 2.99. The van der Waals surface area contributed by atoms with Crippen LogP contribution in [0.4, 0.5) is 0 Å². The molecule has 140 valence electrons. The molecule has 2 aromatic carbocycles. The van der Waals surface area contributed by atoms with E-state index in [9.17, 15) is 9.59 Å². The number of benzene rings is 2. The number of nitrogens with one attached hydrogen (secondary N) is 1. The number of aromatic amines is 1. The number of hydrogen-bond acceptors (Lipinski definition) is 5. The quantitative estimate of drug-likeness (QED) is 0.553. The topological polar surface area (TPSA) is 116 Å². The number of nitrogens with zero attached hydrogens (tertiary/aromatic N) is 3. The Kier molecular flexibility index (Phi) is 4.36. The Morgan fingerprint density at radius 3 is 2.46 bits per heavy atom. The summed E-state index contributed by atoms with van der Waals surface area (Å²) < 4.78 is 6.62. The molecule has 1 amide bonds. The number of methoxy groups -OCH3 is 1. The maximum absolute atomic E-state index is 12.5. The van der Waals surface area contributed by atoms with Crippen LogP contribution in [-0.2, 0) is 6.54 Å². The number of ether oxygens (including phenoxy) is 1. The molecular weight excluding hydrogens is 358 g/mol. The van der Waals surface area contributed by atoms with Gasteiger partial charge < -0.3 is 15.5 Å². The first-order valence-corrected chi connectivity index (χ1v) is 8.55. The maximum atomic E-state index is 12.5. The Balaban J connectivity index is 1.91. The first kappa shape index (κ1) is 17.5. The van der Waals surface area contributed by atoms with Gasteiger partial charge in [-0.3, -0.25) is 9.36 Å². The van der Waals surface area contributed by atoms with Crippen LogP contribution in [0.3, 0.4) is 0 Å². The summed E-state index contributed by atoms with van der Waals surface area (Å²) in [7, 11) is 1.57. The van der Waals surface area contributed by atoms with Gasteiger partial charge >= 0.3 is 5.69 Å². The van der Waals surface area contributed by atoms with Gasteiger partial charge in [-0.25, -0.2) is 14.8 Å². The minimum Gasteiger partial charge on any atom is -0.497 e. The maximum Gasteiger partial charge on any atom is 0.328 e. The van der Waals surface area contributed by atoms with Crippen molar-refractivity contribution in [3.8, 4) is 17.1 Å². The van der Waals surface area contributed by atoms with E-state index >= 15 is 0 Å². The Morgan fingerprint density at radius 1 is 1.11 bits per heavy atom. The number of nitrogens with two attached hydrogens (primary N) is 1. The third-order valence-corrected chi connectivity index (χ3v) is 4.39. The van der Waals surface area contributed by atoms with Crippen LogP contribution in [0.5, 0.6) is 5.75 Å². The lowest BCUT2D eigenvalue weighted by atomic mass is 10.2. The van der Waals surface area contributed by atoms with Crippen molar-refractivity contribution in [2.75, 3.05) is 7.11 Å². The van der Waals surface area contributed by atoms with Crippen LogP contribution in [0.25, 0.3) is 22.6 Å². The summed E-state index contributed by atoms with van der Waals surface area (Å²) in [5, 5.41) is 0. The van der Waals surface area contributed by atoms with Gasteiger partial charge in [0, 0.05) is 5.56 Å². The van der Waals surface area contributed by atoms with Crippen LogP contribution in [0.1, 0.15) is 16.1 Å². The molecule has 4 rings (SSSR count). The standard InChI is InChI=1S/C20H17N5O3/c1-28-14-9-7-13(8-10-14)18-22-15(17(21)26)16-19(24-18)25(20(27)23-16)11-12-5-3-2-4-6-12/h2-10H,11H2,1H3,(H2,21,26)(H,23,27). The normalized spacial score (nSPS) is 10.9. The first-order valence-electron chi connectivity index (χ1n) is 8.55. The van der Waals surface area contributed by atoms with E-state index in [1.165, 1.54) is 4.57 Å². The number of imidazole rings is 1. The third-order valence-electron chi connectivity index (χ3n) is 4.39. The van der Waals surface area contributed by atoms with Gasteiger partial charge in [-0.15, -0.1) is 0 Å². The lowest BCUT2D eigenvalue weighted by Gasteiger charge is -2.07. The second-order valence-electron chi connectivity index (χ2n) is 6.19. The molecule has 8 heteroatoms. The van der Waals surface area contributed by atoms with Gasteiger partial charge in [0.15, 0.2) is 17.2 Å². The van der Waals surface area contributed by atoms with Gasteiger partial charge in [0.25, 0.3) is 5.91 Å². The van der Waals surface area contributed by atoms with Crippen molar-refractivity contribution in [2.24, 2.45) is 5.73 Å². The van der Waals surface area contributed by atoms with Gasteiger partial charge in [0.2, 0.25) is 0 Å². The molecule has 8 nitrogen and oxygen atoms in total. The molecule has 0 unspecified atom stereocenters. The number of amides is 1. The summed E-state index contributed by atoms with van der Waals surface area (Å²) in [6, 6.07) is 16.6. The summed E-state index contributed by atoms with van der Waals surface area (Å²) in [6.45, 7) is 0.303. The number of aromatic nitrogens is 4. The predicted molar refractivity (Wildman–Crippen MR) is 104 cm³/mol. The second-order valence-corrected chi connectivity index (χ2v) is 6.19. The highest BCUT2D eigenvalue weighted by atomic mass is 16.5. The van der Waals surface area contributed by atoms with Crippen LogP contribution >= 0.6 is 0 Å². The second kappa shape index (κ2) is 6.99. The number of carbonyl (C=O) groups excluding carboxylic acids is 1. The van der Waals surface area contributed by atoms with E-state index in [0.29, 0.717) is 29.3 Å². The van der Waals surface area contributed by atoms with E-state index in [1.807, 2.05) is 30.3 Å². The van der Waals surface area contributed by atoms with E-state index in [4.69, 9.17) is 10.5 Å². The molecule has 3 N–H and O–H groups in total. The number of hydrogen-bond donors (Lipinski definition) is 2. The van der Waals surface area contributed by atoms with Crippen LogP contribution in [0.2, 0.25) is 0 Å². The Bertz CT molecular complexity index is 1210. The van der Waals surface area contributed by atoms with E-state index in [1.54, 1.807) is 31.4 Å². The van der Waals surface area contributed by atoms with Crippen molar-refractivity contribution in [1.29, 1.82) is 0 Å². The molecule has 0 saturated carbocycles. The smallest absolute Gasteiger partial charge is 0.328 e. The minimum absolute atomic E-state index is 0.0280. The zero-order chi connectivity index (χ0) is 19.7. The van der Waals surface area contributed by atoms with Crippen LogP contribution < -0.4 is 16.2 Å². The zero-order valence-corrected chi connectivity index (χ0v) is 15.0. The number of primary amides is 1. The molecule has 0 aliphatic heterocycles. The molecule has 28 heavy (non-hydrogen) atoms. The van der Waals surface area contributed by atoms with Gasteiger partial charge in [0.05, 0.1) is 13.7 Å². The molecule has 0 atom stereocenters. The molecule has 0 fully saturated rings. The SMILES string of the molecule is COc1ccc(-c2nc(C(N)=O)c3[nH]c(=O)n(Cc4ccccc4)c3n2)cc1. The minimum atomic E-state index is -0.740. The van der Waals surface area contributed by atoms with E-state index in [-0.39, 0.29) is 16.9 Å². The molecule has 0 aliphatic carbocycles. The van der Waals surface area contributed by atoms with Crippen LogP contribution in [0, 0.1) is 0 Å². The summed E-state index contributed by atoms with van der Waals surface area (Å²) >= 11 is 0. The molecule has 0 saturated heterocycles. The molecule has 2 aromatic heterocycles. The monoisotopic (exact) mass is 375 g/mol. The molecule has 2 heterocycles. The molecule has 0 radical (unpaired) electrons. The fourth-order valence-corrected chi connectivity index (χ4v) is 2.99. The third kappa shape index (κ3) is 3.11. The van der Waals surface area contributed by atoms with E-state index in [2.05, 4.69) is 15.0 Å². The average molecular weight is 375 g/mol. The van der Waals surface area contributed by atoms with Crippen LogP contribution in [0.15, 0.2) is 59.4 Å². The largest absolute Gasteiger partial charge is 0.497 e. The zero-order valence-electron chi connectivity index (χ0n) is 15.0.